The summed E-state index contributed by atoms with van der Waals surface area (Å²) in [4.78, 5) is 0. The Labute approximate surface area is 129 Å². The van der Waals surface area contributed by atoms with E-state index in [2.05, 4.69) is 22.6 Å². The van der Waals surface area contributed by atoms with Crippen LogP contribution in [0.4, 0.5) is 0 Å². The molecule has 0 saturated heterocycles. The molecule has 0 aliphatic rings. The molecule has 0 bridgehead atoms. The average molecular weight is 304 g/mol. The summed E-state index contributed by atoms with van der Waals surface area (Å²) < 4.78 is 0. The van der Waals surface area contributed by atoms with Gasteiger partial charge in [-0.1, -0.05) is 59.2 Å². The maximum Gasteiger partial charge on any atom is 0.170 e. The normalized spacial score (nSPS) is 11.6. The average Bonchev–Trinajstić information content (AvgIpc) is 2.53. The fraction of sp³-hybridized carbons (Fsp3) is 0.188. The van der Waals surface area contributed by atoms with Gasteiger partial charge in [-0.25, -0.2) is 0 Å². The van der Waals surface area contributed by atoms with Crippen molar-refractivity contribution in [3.8, 4) is 0 Å². The van der Waals surface area contributed by atoms with Gasteiger partial charge in [-0.2, -0.15) is 0 Å². The van der Waals surface area contributed by atoms with Crippen molar-refractivity contribution in [1.82, 2.24) is 5.32 Å². The minimum Gasteiger partial charge on any atom is -0.409 e. The Balaban J connectivity index is 1.86. The Morgan fingerprint density at radius 1 is 1.19 bits per heavy atom. The van der Waals surface area contributed by atoms with Gasteiger partial charge in [-0.3, -0.25) is 0 Å². The molecule has 0 amide bonds. The molecule has 2 aromatic rings. The molecule has 2 rings (SSSR count). The molecule has 0 heterocycles. The van der Waals surface area contributed by atoms with Gasteiger partial charge in [-0.15, -0.1) is 0 Å². The summed E-state index contributed by atoms with van der Waals surface area (Å²) in [5.41, 5.74) is 8.42. The molecule has 2 aromatic carbocycles. The van der Waals surface area contributed by atoms with Gasteiger partial charge in [0.1, 0.15) is 0 Å². The first-order chi connectivity index (χ1) is 10.2. The van der Waals surface area contributed by atoms with Gasteiger partial charge < -0.3 is 16.3 Å². The number of nitrogens with two attached hydrogens (primary N) is 1. The summed E-state index contributed by atoms with van der Waals surface area (Å²) >= 11 is 6.19. The second kappa shape index (κ2) is 7.67. The predicted molar refractivity (Wildman–Crippen MR) is 85.8 cm³/mol. The Hall–Kier alpha value is -2.04. The number of rotatable bonds is 6. The molecule has 110 valence electrons. The summed E-state index contributed by atoms with van der Waals surface area (Å²) in [6, 6.07) is 15.7. The molecule has 4 nitrogen and oxygen atoms in total. The first-order valence-electron chi connectivity index (χ1n) is 6.71. The van der Waals surface area contributed by atoms with Crippen LogP contribution >= 0.6 is 11.6 Å². The number of nitrogens with one attached hydrogen (secondary N) is 1. The van der Waals surface area contributed by atoms with Gasteiger partial charge in [0.05, 0.1) is 0 Å². The summed E-state index contributed by atoms with van der Waals surface area (Å²) in [5.74, 6) is 0.0560. The molecular weight excluding hydrogens is 286 g/mol. The van der Waals surface area contributed by atoms with Gasteiger partial charge in [0.25, 0.3) is 0 Å². The maximum atomic E-state index is 8.64. The van der Waals surface area contributed by atoms with Crippen LogP contribution in [0, 0.1) is 0 Å². The van der Waals surface area contributed by atoms with E-state index < -0.39 is 0 Å². The van der Waals surface area contributed by atoms with Crippen molar-refractivity contribution in [2.45, 2.75) is 13.0 Å². The number of oxime groups is 1. The SMILES string of the molecule is N/C(=N/O)c1ccc(CNCCc2ccccc2)c(Cl)c1. The van der Waals surface area contributed by atoms with Crippen molar-refractivity contribution < 1.29 is 5.21 Å². The summed E-state index contributed by atoms with van der Waals surface area (Å²) in [7, 11) is 0. The molecule has 0 saturated carbocycles. The summed E-state index contributed by atoms with van der Waals surface area (Å²) in [5, 5.41) is 15.6. The van der Waals surface area contributed by atoms with E-state index in [9.17, 15) is 0 Å². The van der Waals surface area contributed by atoms with Gasteiger partial charge in [0.2, 0.25) is 0 Å². The van der Waals surface area contributed by atoms with Crippen molar-refractivity contribution in [1.29, 1.82) is 0 Å². The highest BCUT2D eigenvalue weighted by atomic mass is 35.5. The molecule has 0 aliphatic heterocycles. The summed E-state index contributed by atoms with van der Waals surface area (Å²) in [6.07, 6.45) is 0.973. The van der Waals surface area contributed by atoms with Gasteiger partial charge in [0.15, 0.2) is 5.84 Å². The van der Waals surface area contributed by atoms with E-state index in [4.69, 9.17) is 22.5 Å². The van der Waals surface area contributed by atoms with Crippen LogP contribution in [0.5, 0.6) is 0 Å². The minimum atomic E-state index is 0.0560. The lowest BCUT2D eigenvalue weighted by Crippen LogP contribution is -2.17. The number of hydrogen-bond acceptors (Lipinski definition) is 3. The highest BCUT2D eigenvalue weighted by molar-refractivity contribution is 6.31. The van der Waals surface area contributed by atoms with Crippen molar-refractivity contribution >= 4 is 17.4 Å². The van der Waals surface area contributed by atoms with Gasteiger partial charge in [0, 0.05) is 17.1 Å². The minimum absolute atomic E-state index is 0.0560. The number of halogens is 1. The summed E-state index contributed by atoms with van der Waals surface area (Å²) in [6.45, 7) is 1.56. The zero-order chi connectivity index (χ0) is 15.1. The van der Waals surface area contributed by atoms with E-state index in [1.165, 1.54) is 5.56 Å². The molecule has 0 spiro atoms. The van der Waals surface area contributed by atoms with E-state index in [0.717, 1.165) is 18.5 Å². The van der Waals surface area contributed by atoms with Crippen molar-refractivity contribution in [3.63, 3.8) is 0 Å². The first-order valence-corrected chi connectivity index (χ1v) is 7.09. The molecule has 0 atom stereocenters. The fourth-order valence-corrected chi connectivity index (χ4v) is 2.26. The largest absolute Gasteiger partial charge is 0.409 e. The molecule has 0 radical (unpaired) electrons. The van der Waals surface area contributed by atoms with Gasteiger partial charge >= 0.3 is 0 Å². The molecule has 5 heteroatoms. The molecule has 4 N–H and O–H groups in total. The highest BCUT2D eigenvalue weighted by Crippen LogP contribution is 2.17. The number of amidine groups is 1. The lowest BCUT2D eigenvalue weighted by molar-refractivity contribution is 0.318. The van der Waals surface area contributed by atoms with Crippen LogP contribution in [-0.4, -0.2) is 17.6 Å². The fourth-order valence-electron chi connectivity index (χ4n) is 2.01. The predicted octanol–water partition coefficient (Wildman–Crippen LogP) is 2.77. The van der Waals surface area contributed by atoms with E-state index in [-0.39, 0.29) is 5.84 Å². The van der Waals surface area contributed by atoms with Crippen molar-refractivity contribution in [2.24, 2.45) is 10.9 Å². The zero-order valence-electron chi connectivity index (χ0n) is 11.6. The third-order valence-electron chi connectivity index (χ3n) is 3.21. The quantitative estimate of drug-likeness (QED) is 0.253. The van der Waals surface area contributed by atoms with Crippen LogP contribution in [0.2, 0.25) is 5.02 Å². The zero-order valence-corrected chi connectivity index (χ0v) is 12.3. The van der Waals surface area contributed by atoms with E-state index in [1.54, 1.807) is 12.1 Å². The van der Waals surface area contributed by atoms with Crippen molar-refractivity contribution in [2.75, 3.05) is 6.54 Å². The third-order valence-corrected chi connectivity index (χ3v) is 3.56. The van der Waals surface area contributed by atoms with E-state index >= 15 is 0 Å². The van der Waals surface area contributed by atoms with Crippen LogP contribution < -0.4 is 11.1 Å². The Bertz CT molecular complexity index is 614. The Morgan fingerprint density at radius 2 is 1.95 bits per heavy atom. The first kappa shape index (κ1) is 15.4. The monoisotopic (exact) mass is 303 g/mol. The van der Waals surface area contributed by atoms with E-state index in [0.29, 0.717) is 17.1 Å². The standard InChI is InChI=1S/C16H18ClN3O/c17-15-10-13(16(18)20-21)6-7-14(15)11-19-9-8-12-4-2-1-3-5-12/h1-7,10,19,21H,8-9,11H2,(H2,18,20). The van der Waals surface area contributed by atoms with Crippen molar-refractivity contribution in [3.05, 3.63) is 70.2 Å². The van der Waals surface area contributed by atoms with Crippen LogP contribution in [-0.2, 0) is 13.0 Å². The number of hydrogen-bond donors (Lipinski definition) is 3. The lowest BCUT2D eigenvalue weighted by atomic mass is 10.1. The maximum absolute atomic E-state index is 8.64. The number of nitrogens with zero attached hydrogens (tertiary/aromatic N) is 1. The smallest absolute Gasteiger partial charge is 0.170 e. The highest BCUT2D eigenvalue weighted by Gasteiger charge is 2.04. The van der Waals surface area contributed by atoms with Crippen LogP contribution in [0.25, 0.3) is 0 Å². The second-order valence-electron chi connectivity index (χ2n) is 4.70. The number of benzene rings is 2. The Kier molecular flexibility index (Phi) is 5.60. The van der Waals surface area contributed by atoms with Crippen LogP contribution in [0.1, 0.15) is 16.7 Å². The molecule has 0 aliphatic carbocycles. The lowest BCUT2D eigenvalue weighted by Gasteiger charge is -2.08. The van der Waals surface area contributed by atoms with Crippen LogP contribution in [0.3, 0.4) is 0 Å². The van der Waals surface area contributed by atoms with E-state index in [1.807, 2.05) is 24.3 Å². The molecule has 0 unspecified atom stereocenters. The van der Waals surface area contributed by atoms with Gasteiger partial charge in [-0.05, 0) is 30.2 Å². The second-order valence-corrected chi connectivity index (χ2v) is 5.11. The third kappa shape index (κ3) is 4.48. The topological polar surface area (TPSA) is 70.6 Å². The molecular formula is C16H18ClN3O. The molecule has 0 fully saturated rings. The molecule has 21 heavy (non-hydrogen) atoms. The molecule has 0 aromatic heterocycles. The van der Waals surface area contributed by atoms with Crippen LogP contribution in [0.15, 0.2) is 53.7 Å². The Morgan fingerprint density at radius 3 is 2.62 bits per heavy atom.